The predicted molar refractivity (Wildman–Crippen MR) is 104 cm³/mol. The summed E-state index contributed by atoms with van der Waals surface area (Å²) in [6.07, 6.45) is 10.3. The van der Waals surface area contributed by atoms with Gasteiger partial charge in [0, 0.05) is 5.54 Å². The first-order chi connectivity index (χ1) is 12.1. The van der Waals surface area contributed by atoms with Gasteiger partial charge in [-0.25, -0.2) is 0 Å². The summed E-state index contributed by atoms with van der Waals surface area (Å²) in [5.74, 6) is 1.52. The zero-order chi connectivity index (χ0) is 19.2. The highest BCUT2D eigenvalue weighted by Gasteiger charge is 2.55. The van der Waals surface area contributed by atoms with Crippen molar-refractivity contribution in [1.82, 2.24) is 5.32 Å². The van der Waals surface area contributed by atoms with Crippen molar-refractivity contribution in [3.8, 4) is 0 Å². The lowest BCUT2D eigenvalue weighted by atomic mass is 9.56. The van der Waals surface area contributed by atoms with E-state index in [0.717, 1.165) is 38.5 Å². The van der Waals surface area contributed by atoms with Crippen LogP contribution < -0.4 is 10.6 Å². The molecule has 0 spiro atoms. The van der Waals surface area contributed by atoms with Crippen molar-refractivity contribution in [2.45, 2.75) is 95.9 Å². The maximum atomic E-state index is 11.2. The van der Waals surface area contributed by atoms with Gasteiger partial charge in [0.2, 0.25) is 6.41 Å². The molecule has 148 valence electrons. The summed E-state index contributed by atoms with van der Waals surface area (Å²) in [6.45, 7) is 11.3. The van der Waals surface area contributed by atoms with Gasteiger partial charge in [-0.05, 0) is 90.9 Å². The monoisotopic (exact) mass is 362 g/mol. The molecule has 4 heteroatoms. The lowest BCUT2D eigenvalue weighted by Crippen LogP contribution is -2.92. The molecule has 26 heavy (non-hydrogen) atoms. The van der Waals surface area contributed by atoms with Crippen LogP contribution in [0.2, 0.25) is 0 Å². The van der Waals surface area contributed by atoms with Crippen molar-refractivity contribution < 1.29 is 14.8 Å². The van der Waals surface area contributed by atoms with Crippen LogP contribution in [0.1, 0.15) is 73.1 Å². The number of carbonyl (C=O) groups excluding carboxylic acids is 1. The molecule has 1 aliphatic heterocycles. The van der Waals surface area contributed by atoms with Crippen LogP contribution in [0.4, 0.5) is 0 Å². The number of nitrogens with two attached hydrogens (primary N) is 1. The molecule has 0 aromatic carbocycles. The molecule has 0 aromatic heterocycles. The van der Waals surface area contributed by atoms with E-state index in [0.29, 0.717) is 17.8 Å². The number of quaternary nitrogens is 1. The van der Waals surface area contributed by atoms with Gasteiger partial charge in [0.1, 0.15) is 6.10 Å². The second-order valence-corrected chi connectivity index (χ2v) is 10.0. The molecule has 0 radical (unpaired) electrons. The highest BCUT2D eigenvalue weighted by molar-refractivity contribution is 5.48. The van der Waals surface area contributed by atoms with Crippen molar-refractivity contribution in [2.75, 3.05) is 0 Å². The SMILES string of the molecule is [CH2-][NH2+]C(C)(C)C1CCC(C)(C2CCC(C)(NC=O)C3CCC(C)=CC32)O1. The second kappa shape index (κ2) is 6.94. The average Bonchev–Trinajstić information content (AvgIpc) is 2.99. The molecular formula is C22H38N2O2. The number of allylic oxidation sites excluding steroid dienone is 2. The molecule has 0 bridgehead atoms. The molecule has 1 saturated carbocycles. The Labute approximate surface area is 159 Å². The first-order valence-electron chi connectivity index (χ1n) is 10.4. The van der Waals surface area contributed by atoms with Gasteiger partial charge in [0.25, 0.3) is 0 Å². The fourth-order valence-electron chi connectivity index (χ4n) is 5.89. The molecule has 3 rings (SSSR count). The smallest absolute Gasteiger partial charge is 0.207 e. The number of fused-ring (bicyclic) bond motifs is 1. The van der Waals surface area contributed by atoms with Crippen molar-refractivity contribution >= 4 is 6.41 Å². The number of ether oxygens (including phenoxy) is 1. The van der Waals surface area contributed by atoms with E-state index in [1.807, 2.05) is 5.32 Å². The molecule has 3 aliphatic rings. The molecule has 1 amide bonds. The van der Waals surface area contributed by atoms with Crippen LogP contribution in [0, 0.1) is 24.8 Å². The maximum absolute atomic E-state index is 11.2. The predicted octanol–water partition coefficient (Wildman–Crippen LogP) is 2.94. The lowest BCUT2D eigenvalue weighted by Gasteiger charge is -2.54. The van der Waals surface area contributed by atoms with Crippen LogP contribution in [0.25, 0.3) is 0 Å². The zero-order valence-corrected chi connectivity index (χ0v) is 17.3. The standard InChI is InChI=1S/C22H38N2O2/c1-15-7-8-17-16(13-15)18(9-11-21(17,4)24-14-25)22(5)12-10-19(26-22)20(2,3)23-6/h13-14,16-19H,6-12,23H2,1-5H3,(H,24,25). The van der Waals surface area contributed by atoms with E-state index in [9.17, 15) is 4.79 Å². The number of hydrogen-bond donors (Lipinski definition) is 2. The fourth-order valence-corrected chi connectivity index (χ4v) is 5.89. The Morgan fingerprint density at radius 1 is 1.27 bits per heavy atom. The minimum absolute atomic E-state index is 0.0116. The van der Waals surface area contributed by atoms with Gasteiger partial charge in [-0.15, -0.1) is 0 Å². The number of amides is 1. The van der Waals surface area contributed by atoms with Gasteiger partial charge >= 0.3 is 0 Å². The summed E-state index contributed by atoms with van der Waals surface area (Å²) >= 11 is 0. The minimum atomic E-state index is -0.0884. The van der Waals surface area contributed by atoms with Crippen LogP contribution in [-0.4, -0.2) is 29.2 Å². The molecule has 6 unspecified atom stereocenters. The van der Waals surface area contributed by atoms with E-state index < -0.39 is 0 Å². The van der Waals surface area contributed by atoms with E-state index in [-0.39, 0.29) is 22.8 Å². The van der Waals surface area contributed by atoms with E-state index >= 15 is 0 Å². The highest BCUT2D eigenvalue weighted by Crippen LogP contribution is 2.54. The van der Waals surface area contributed by atoms with Crippen molar-refractivity contribution in [2.24, 2.45) is 17.8 Å². The molecule has 4 nitrogen and oxygen atoms in total. The number of carbonyl (C=O) groups is 1. The van der Waals surface area contributed by atoms with Crippen molar-refractivity contribution in [3.63, 3.8) is 0 Å². The molecule has 1 saturated heterocycles. The summed E-state index contributed by atoms with van der Waals surface area (Å²) in [6, 6.07) is 0. The summed E-state index contributed by atoms with van der Waals surface area (Å²) in [7, 11) is 4.02. The second-order valence-electron chi connectivity index (χ2n) is 10.0. The molecule has 2 aliphatic carbocycles. The first kappa shape index (κ1) is 19.9. The molecule has 3 N–H and O–H groups in total. The van der Waals surface area contributed by atoms with Crippen LogP contribution in [-0.2, 0) is 9.53 Å². The van der Waals surface area contributed by atoms with Gasteiger partial charge in [-0.1, -0.05) is 11.6 Å². The van der Waals surface area contributed by atoms with Crippen LogP contribution in [0.3, 0.4) is 0 Å². The molecular weight excluding hydrogens is 324 g/mol. The summed E-state index contributed by atoms with van der Waals surface area (Å²) in [4.78, 5) is 11.2. The van der Waals surface area contributed by atoms with Crippen LogP contribution in [0.15, 0.2) is 11.6 Å². The van der Waals surface area contributed by atoms with Crippen molar-refractivity contribution in [3.05, 3.63) is 18.7 Å². The Hall–Kier alpha value is -0.870. The summed E-state index contributed by atoms with van der Waals surface area (Å²) in [5.41, 5.74) is 1.34. The van der Waals surface area contributed by atoms with Crippen LogP contribution >= 0.6 is 0 Å². The first-order valence-corrected chi connectivity index (χ1v) is 10.4. The Morgan fingerprint density at radius 3 is 2.65 bits per heavy atom. The third-order valence-corrected chi connectivity index (χ3v) is 7.89. The normalized spacial score (nSPS) is 43.5. The van der Waals surface area contributed by atoms with E-state index in [1.165, 1.54) is 12.0 Å². The minimum Gasteiger partial charge on any atom is -0.472 e. The van der Waals surface area contributed by atoms with E-state index in [1.54, 1.807) is 0 Å². The van der Waals surface area contributed by atoms with Gasteiger partial charge < -0.3 is 15.4 Å². The molecule has 2 fully saturated rings. The molecule has 1 heterocycles. The van der Waals surface area contributed by atoms with Crippen molar-refractivity contribution in [1.29, 1.82) is 0 Å². The number of rotatable bonds is 5. The Morgan fingerprint density at radius 2 is 2.00 bits per heavy atom. The lowest BCUT2D eigenvalue weighted by molar-refractivity contribution is -0.678. The summed E-state index contributed by atoms with van der Waals surface area (Å²) < 4.78 is 6.77. The number of nitrogens with one attached hydrogen (secondary N) is 1. The van der Waals surface area contributed by atoms with Gasteiger partial charge in [0.15, 0.2) is 0 Å². The fraction of sp³-hybridized carbons (Fsp3) is 0.818. The van der Waals surface area contributed by atoms with Crippen LogP contribution in [0.5, 0.6) is 0 Å². The number of hydrogen-bond acceptors (Lipinski definition) is 2. The van der Waals surface area contributed by atoms with E-state index in [4.69, 9.17) is 4.74 Å². The Bertz CT molecular complexity index is 572. The Kier molecular flexibility index (Phi) is 5.31. The maximum Gasteiger partial charge on any atom is 0.207 e. The van der Waals surface area contributed by atoms with Gasteiger partial charge in [-0.3, -0.25) is 4.79 Å². The molecule has 6 atom stereocenters. The largest absolute Gasteiger partial charge is 0.472 e. The average molecular weight is 363 g/mol. The summed E-state index contributed by atoms with van der Waals surface area (Å²) in [5, 5.41) is 5.22. The third-order valence-electron chi connectivity index (χ3n) is 7.89. The third kappa shape index (κ3) is 3.35. The Balaban J connectivity index is 1.86. The van der Waals surface area contributed by atoms with Gasteiger partial charge in [-0.2, -0.15) is 7.05 Å². The van der Waals surface area contributed by atoms with E-state index in [2.05, 4.69) is 53.1 Å². The van der Waals surface area contributed by atoms with Gasteiger partial charge in [0.05, 0.1) is 11.1 Å². The highest BCUT2D eigenvalue weighted by atomic mass is 16.5. The quantitative estimate of drug-likeness (QED) is 0.449. The zero-order valence-electron chi connectivity index (χ0n) is 17.3. The molecule has 0 aromatic rings. The topological polar surface area (TPSA) is 54.9 Å².